The first-order valence-corrected chi connectivity index (χ1v) is 9.62. The van der Waals surface area contributed by atoms with Gasteiger partial charge >= 0.3 is 0 Å². The molecule has 0 radical (unpaired) electrons. The largest absolute Gasteiger partial charge is 0.366 e. The smallest absolute Gasteiger partial charge is 0.172 e. The van der Waals surface area contributed by atoms with Crippen LogP contribution in [0.3, 0.4) is 0 Å². The van der Waals surface area contributed by atoms with Crippen LogP contribution in [0.4, 0.5) is 21.6 Å². The van der Waals surface area contributed by atoms with Crippen LogP contribution in [0.1, 0.15) is 5.56 Å². The zero-order valence-electron chi connectivity index (χ0n) is 14.7. The molecule has 28 heavy (non-hydrogen) atoms. The fraction of sp³-hybridized carbons (Fsp3) is 0.100. The van der Waals surface area contributed by atoms with Gasteiger partial charge in [0.15, 0.2) is 5.65 Å². The summed E-state index contributed by atoms with van der Waals surface area (Å²) in [6, 6.07) is 14.7. The van der Waals surface area contributed by atoms with Crippen molar-refractivity contribution in [2.24, 2.45) is 0 Å². The van der Waals surface area contributed by atoms with Crippen LogP contribution in [0.2, 0.25) is 0 Å². The van der Waals surface area contributed by atoms with Crippen LogP contribution in [0.5, 0.6) is 0 Å². The van der Waals surface area contributed by atoms with E-state index in [0.29, 0.717) is 23.4 Å². The van der Waals surface area contributed by atoms with E-state index < -0.39 is 0 Å². The third kappa shape index (κ3) is 2.95. The van der Waals surface area contributed by atoms with Gasteiger partial charge in [-0.25, -0.2) is 9.37 Å². The molecule has 0 bridgehead atoms. The molecule has 1 aliphatic heterocycles. The van der Waals surface area contributed by atoms with Crippen LogP contribution in [-0.2, 0) is 6.54 Å². The number of aromatic nitrogens is 3. The lowest BCUT2D eigenvalue weighted by molar-refractivity contribution is 0.630. The summed E-state index contributed by atoms with van der Waals surface area (Å²) in [6.45, 7) is 1.34. The Morgan fingerprint density at radius 2 is 1.96 bits per heavy atom. The minimum Gasteiger partial charge on any atom is -0.366 e. The van der Waals surface area contributed by atoms with Gasteiger partial charge in [0.05, 0.1) is 34.4 Å². The van der Waals surface area contributed by atoms with Crippen LogP contribution < -0.4 is 16.0 Å². The highest BCUT2D eigenvalue weighted by atomic mass is 79.9. The lowest BCUT2D eigenvalue weighted by Gasteiger charge is -2.12. The van der Waals surface area contributed by atoms with E-state index in [1.807, 2.05) is 6.07 Å². The average Bonchev–Trinajstić information content (AvgIpc) is 3.33. The van der Waals surface area contributed by atoms with E-state index in [0.717, 1.165) is 33.9 Å². The molecule has 3 N–H and O–H groups in total. The first kappa shape index (κ1) is 17.0. The lowest BCUT2D eigenvalue weighted by Crippen LogP contribution is -2.07. The number of fused-ring (bicyclic) bond motifs is 2. The van der Waals surface area contributed by atoms with E-state index in [-0.39, 0.29) is 5.82 Å². The van der Waals surface area contributed by atoms with Gasteiger partial charge in [0, 0.05) is 18.2 Å². The average molecular weight is 439 g/mol. The second-order valence-electron chi connectivity index (χ2n) is 6.50. The number of nitrogens with one attached hydrogen (secondary N) is 3. The number of anilines is 3. The molecular formula is C20H16BrFN6. The van der Waals surface area contributed by atoms with Gasteiger partial charge in [0.2, 0.25) is 0 Å². The zero-order chi connectivity index (χ0) is 19.1. The van der Waals surface area contributed by atoms with E-state index in [1.54, 1.807) is 28.9 Å². The molecule has 0 fully saturated rings. The van der Waals surface area contributed by atoms with Gasteiger partial charge in [0.25, 0.3) is 0 Å². The Morgan fingerprint density at radius 1 is 1.11 bits per heavy atom. The number of nitrogens with zero attached hydrogens (tertiary/aromatic N) is 3. The minimum absolute atomic E-state index is 0.307. The van der Waals surface area contributed by atoms with Crippen LogP contribution in [0, 0.1) is 5.82 Å². The normalized spacial score (nSPS) is 12.5. The van der Waals surface area contributed by atoms with Gasteiger partial charge in [-0.2, -0.15) is 9.61 Å². The molecule has 4 aromatic rings. The number of halogens is 2. The molecule has 8 heteroatoms. The summed E-state index contributed by atoms with van der Waals surface area (Å²) in [4.78, 5) is 4.58. The molecule has 140 valence electrons. The van der Waals surface area contributed by atoms with Gasteiger partial charge in [-0.1, -0.05) is 18.2 Å². The van der Waals surface area contributed by atoms with E-state index in [9.17, 15) is 4.39 Å². The first-order chi connectivity index (χ1) is 13.7. The Balaban J connectivity index is 1.52. The second kappa shape index (κ2) is 6.79. The Hall–Kier alpha value is -3.13. The molecule has 0 saturated heterocycles. The van der Waals surface area contributed by atoms with Gasteiger partial charge in [-0.3, -0.25) is 0 Å². The van der Waals surface area contributed by atoms with Crippen molar-refractivity contribution >= 4 is 38.8 Å². The van der Waals surface area contributed by atoms with Crippen molar-refractivity contribution < 1.29 is 4.39 Å². The van der Waals surface area contributed by atoms with E-state index >= 15 is 0 Å². The van der Waals surface area contributed by atoms with Crippen LogP contribution in [0.15, 0.2) is 59.2 Å². The van der Waals surface area contributed by atoms with E-state index in [2.05, 4.69) is 60.2 Å². The fourth-order valence-electron chi connectivity index (χ4n) is 3.30. The molecule has 0 saturated carbocycles. The summed E-state index contributed by atoms with van der Waals surface area (Å²) in [5, 5.41) is 14.3. The third-order valence-electron chi connectivity index (χ3n) is 4.69. The van der Waals surface area contributed by atoms with Crippen molar-refractivity contribution in [2.75, 3.05) is 22.6 Å². The van der Waals surface area contributed by atoms with Crippen LogP contribution in [0.25, 0.3) is 16.9 Å². The van der Waals surface area contributed by atoms with Gasteiger partial charge < -0.3 is 16.0 Å². The molecule has 0 spiro atoms. The quantitative estimate of drug-likeness (QED) is 0.430. The molecule has 0 aliphatic carbocycles. The maximum atomic E-state index is 14.3. The highest BCUT2D eigenvalue weighted by molar-refractivity contribution is 9.10. The Morgan fingerprint density at radius 3 is 2.86 bits per heavy atom. The maximum Gasteiger partial charge on any atom is 0.172 e. The molecule has 5 rings (SSSR count). The monoisotopic (exact) mass is 438 g/mol. The van der Waals surface area contributed by atoms with E-state index in [4.69, 9.17) is 0 Å². The minimum atomic E-state index is -0.307. The molecule has 0 unspecified atom stereocenters. The molecule has 0 amide bonds. The van der Waals surface area contributed by atoms with Gasteiger partial charge in [-0.15, -0.1) is 0 Å². The SMILES string of the molecule is Fc1ccccc1-c1cc(NCc2ccc3c(c2)NCN3)n2ncc(Br)c2n1. The third-order valence-corrected chi connectivity index (χ3v) is 5.25. The highest BCUT2D eigenvalue weighted by Gasteiger charge is 2.14. The lowest BCUT2D eigenvalue weighted by atomic mass is 10.1. The summed E-state index contributed by atoms with van der Waals surface area (Å²) in [5.74, 6) is 0.429. The Labute approximate surface area is 168 Å². The van der Waals surface area contributed by atoms with Crippen molar-refractivity contribution in [2.45, 2.75) is 6.54 Å². The van der Waals surface area contributed by atoms with E-state index in [1.165, 1.54) is 6.07 Å². The second-order valence-corrected chi connectivity index (χ2v) is 7.35. The van der Waals surface area contributed by atoms with Crippen molar-refractivity contribution in [1.82, 2.24) is 14.6 Å². The number of hydrogen-bond donors (Lipinski definition) is 3. The molecule has 2 aromatic carbocycles. The molecule has 1 aliphatic rings. The Bertz CT molecular complexity index is 1190. The fourth-order valence-corrected chi connectivity index (χ4v) is 3.65. The summed E-state index contributed by atoms with van der Waals surface area (Å²) >= 11 is 3.47. The summed E-state index contributed by atoms with van der Waals surface area (Å²) in [6.07, 6.45) is 1.68. The maximum absolute atomic E-state index is 14.3. The van der Waals surface area contributed by atoms with Crippen molar-refractivity contribution in [1.29, 1.82) is 0 Å². The van der Waals surface area contributed by atoms with Gasteiger partial charge in [-0.05, 0) is 45.8 Å². The van der Waals surface area contributed by atoms with Crippen molar-refractivity contribution in [3.8, 4) is 11.3 Å². The van der Waals surface area contributed by atoms with Crippen LogP contribution >= 0.6 is 15.9 Å². The summed E-state index contributed by atoms with van der Waals surface area (Å²) < 4.78 is 16.8. The van der Waals surface area contributed by atoms with Crippen LogP contribution in [-0.4, -0.2) is 21.3 Å². The topological polar surface area (TPSA) is 66.3 Å². The summed E-state index contributed by atoms with van der Waals surface area (Å²) in [7, 11) is 0. The molecule has 0 atom stereocenters. The first-order valence-electron chi connectivity index (χ1n) is 8.83. The summed E-state index contributed by atoms with van der Waals surface area (Å²) in [5.41, 5.74) is 4.95. The predicted molar refractivity (Wildman–Crippen MR) is 112 cm³/mol. The van der Waals surface area contributed by atoms with Gasteiger partial charge in [0.1, 0.15) is 11.6 Å². The molecule has 3 heterocycles. The molecule has 6 nitrogen and oxygen atoms in total. The standard InChI is InChI=1S/C20H16BrFN6/c21-14-10-26-28-19(23-9-12-5-6-16-18(7-12)25-11-24-16)8-17(27-20(14)28)13-3-1-2-4-15(13)22/h1-8,10,23-25H,9,11H2. The number of benzene rings is 2. The zero-order valence-corrected chi connectivity index (χ0v) is 16.3. The highest BCUT2D eigenvalue weighted by Crippen LogP contribution is 2.29. The van der Waals surface area contributed by atoms with Crippen molar-refractivity contribution in [3.63, 3.8) is 0 Å². The number of hydrogen-bond acceptors (Lipinski definition) is 5. The molecule has 2 aromatic heterocycles. The Kier molecular flexibility index (Phi) is 4.12. The number of rotatable bonds is 4. The predicted octanol–water partition coefficient (Wildman–Crippen LogP) is 4.70. The molecular weight excluding hydrogens is 423 g/mol. The van der Waals surface area contributed by atoms with Crippen molar-refractivity contribution in [3.05, 3.63) is 70.6 Å².